The third-order valence-electron chi connectivity index (χ3n) is 3.66. The van der Waals surface area contributed by atoms with E-state index in [0.717, 1.165) is 6.42 Å². The highest BCUT2D eigenvalue weighted by molar-refractivity contribution is 5.99. The first-order valence-corrected chi connectivity index (χ1v) is 7.64. The molecule has 0 bridgehead atoms. The number of methoxy groups -OCH3 is 1. The summed E-state index contributed by atoms with van der Waals surface area (Å²) < 4.78 is 18.3. The Morgan fingerprint density at radius 3 is 3.00 bits per heavy atom. The van der Waals surface area contributed by atoms with E-state index in [1.54, 1.807) is 19.2 Å². The van der Waals surface area contributed by atoms with Gasteiger partial charge in [0.05, 0.1) is 12.6 Å². The van der Waals surface area contributed by atoms with Gasteiger partial charge in [0.1, 0.15) is 11.9 Å². The van der Waals surface area contributed by atoms with Gasteiger partial charge in [-0.3, -0.25) is 4.79 Å². The smallest absolute Gasteiger partial charge is 0.315 e. The van der Waals surface area contributed by atoms with Gasteiger partial charge in [-0.2, -0.15) is 0 Å². The van der Waals surface area contributed by atoms with Gasteiger partial charge >= 0.3 is 6.03 Å². The highest BCUT2D eigenvalue weighted by Crippen LogP contribution is 2.21. The minimum atomic E-state index is -0.609. The summed E-state index contributed by atoms with van der Waals surface area (Å²) in [7, 11) is 1.55. The van der Waals surface area contributed by atoms with Crippen molar-refractivity contribution < 1.29 is 18.7 Å². The van der Waals surface area contributed by atoms with Crippen molar-refractivity contribution >= 4 is 17.6 Å². The fraction of sp³-hybridized carbons (Fsp3) is 0.500. The third kappa shape index (κ3) is 4.66. The van der Waals surface area contributed by atoms with E-state index in [1.807, 2.05) is 6.92 Å². The molecule has 2 rings (SSSR count). The van der Waals surface area contributed by atoms with Crippen LogP contribution in [0.2, 0.25) is 0 Å². The Kier molecular flexibility index (Phi) is 5.92. The number of amides is 3. The molecular weight excluding hydrogens is 301 g/mol. The van der Waals surface area contributed by atoms with Gasteiger partial charge in [0.25, 0.3) is 0 Å². The molecule has 3 amide bonds. The monoisotopic (exact) mass is 323 g/mol. The number of carbonyl (C=O) groups is 2. The van der Waals surface area contributed by atoms with Crippen molar-refractivity contribution in [2.24, 2.45) is 0 Å². The Labute approximate surface area is 135 Å². The maximum Gasteiger partial charge on any atom is 0.315 e. The normalized spacial score (nSPS) is 19.3. The van der Waals surface area contributed by atoms with Crippen molar-refractivity contribution in [2.45, 2.75) is 31.8 Å². The van der Waals surface area contributed by atoms with Crippen LogP contribution in [-0.2, 0) is 9.53 Å². The molecule has 1 heterocycles. The number of benzene rings is 1. The lowest BCUT2D eigenvalue weighted by molar-refractivity contribution is -0.121. The average molecular weight is 323 g/mol. The number of piperidine rings is 1. The zero-order valence-electron chi connectivity index (χ0n) is 13.3. The van der Waals surface area contributed by atoms with Crippen LogP contribution < -0.4 is 15.5 Å². The summed E-state index contributed by atoms with van der Waals surface area (Å²) in [6.07, 6.45) is 1.30. The number of ether oxygens (including phenoxy) is 1. The second-order valence-corrected chi connectivity index (χ2v) is 5.64. The van der Waals surface area contributed by atoms with Crippen LogP contribution in [0.1, 0.15) is 19.8 Å². The van der Waals surface area contributed by atoms with Crippen LogP contribution in [0.25, 0.3) is 0 Å². The molecule has 7 heteroatoms. The molecule has 1 aliphatic heterocycles. The molecule has 0 radical (unpaired) electrons. The number of nitrogens with zero attached hydrogens (tertiary/aromatic N) is 1. The van der Waals surface area contributed by atoms with Crippen molar-refractivity contribution in [3.05, 3.63) is 30.1 Å². The number of carbonyl (C=O) groups excluding carboxylic acids is 2. The molecule has 0 aliphatic carbocycles. The molecule has 1 aromatic rings. The molecule has 0 saturated carbocycles. The number of halogens is 1. The van der Waals surface area contributed by atoms with E-state index in [9.17, 15) is 14.0 Å². The summed E-state index contributed by atoms with van der Waals surface area (Å²) in [5.41, 5.74) is 0.509. The van der Waals surface area contributed by atoms with Crippen molar-refractivity contribution in [2.75, 3.05) is 25.2 Å². The van der Waals surface area contributed by atoms with Crippen LogP contribution in [0.15, 0.2) is 24.3 Å². The van der Waals surface area contributed by atoms with Gasteiger partial charge in [0.2, 0.25) is 5.91 Å². The molecule has 1 saturated heterocycles. The van der Waals surface area contributed by atoms with E-state index >= 15 is 0 Å². The van der Waals surface area contributed by atoms with Gasteiger partial charge in [-0.1, -0.05) is 6.07 Å². The quantitative estimate of drug-likeness (QED) is 0.866. The highest BCUT2D eigenvalue weighted by atomic mass is 19.1. The number of urea groups is 1. The highest BCUT2D eigenvalue weighted by Gasteiger charge is 2.31. The molecule has 1 aliphatic rings. The van der Waals surface area contributed by atoms with Crippen LogP contribution in [0.4, 0.5) is 14.9 Å². The summed E-state index contributed by atoms with van der Waals surface area (Å²) in [6, 6.07) is 4.73. The maximum atomic E-state index is 13.3. The van der Waals surface area contributed by atoms with Gasteiger partial charge in [0, 0.05) is 19.3 Å². The average Bonchev–Trinajstić information content (AvgIpc) is 2.49. The van der Waals surface area contributed by atoms with Crippen molar-refractivity contribution in [1.29, 1.82) is 0 Å². The van der Waals surface area contributed by atoms with Gasteiger partial charge in [-0.25, -0.2) is 9.18 Å². The largest absolute Gasteiger partial charge is 0.383 e. The van der Waals surface area contributed by atoms with Gasteiger partial charge in [-0.15, -0.1) is 0 Å². The fourth-order valence-corrected chi connectivity index (χ4v) is 2.62. The molecular formula is C16H22FN3O3. The molecule has 0 unspecified atom stereocenters. The van der Waals surface area contributed by atoms with Crippen LogP contribution >= 0.6 is 0 Å². The predicted octanol–water partition coefficient (Wildman–Crippen LogP) is 1.66. The number of anilines is 1. The van der Waals surface area contributed by atoms with Crippen LogP contribution in [-0.4, -0.2) is 44.3 Å². The second-order valence-electron chi connectivity index (χ2n) is 5.64. The van der Waals surface area contributed by atoms with E-state index in [2.05, 4.69) is 10.6 Å². The first kappa shape index (κ1) is 17.2. The summed E-state index contributed by atoms with van der Waals surface area (Å²) >= 11 is 0. The Bertz CT molecular complexity index is 567. The first-order valence-electron chi connectivity index (χ1n) is 7.64. The molecule has 0 spiro atoms. The SMILES string of the molecule is COC[C@@H](C)NC(=O)N[C@@H]1CCCN(c2cccc(F)c2)C1=O. The Hall–Kier alpha value is -2.15. The molecule has 0 aromatic heterocycles. The van der Waals surface area contributed by atoms with E-state index in [1.165, 1.54) is 17.0 Å². The van der Waals surface area contributed by atoms with Crippen molar-refractivity contribution in [1.82, 2.24) is 10.6 Å². The first-order chi connectivity index (χ1) is 11.0. The lowest BCUT2D eigenvalue weighted by Gasteiger charge is -2.32. The molecule has 1 fully saturated rings. The van der Waals surface area contributed by atoms with E-state index in [0.29, 0.717) is 25.3 Å². The van der Waals surface area contributed by atoms with Crippen LogP contribution in [0.3, 0.4) is 0 Å². The molecule has 23 heavy (non-hydrogen) atoms. The van der Waals surface area contributed by atoms with E-state index < -0.39 is 17.9 Å². The predicted molar refractivity (Wildman–Crippen MR) is 84.8 cm³/mol. The summed E-state index contributed by atoms with van der Waals surface area (Å²) in [4.78, 5) is 26.0. The standard InChI is InChI=1S/C16H22FN3O3/c1-11(10-23-2)18-16(22)19-14-7-4-8-20(15(14)21)13-6-3-5-12(17)9-13/h3,5-6,9,11,14H,4,7-8,10H2,1-2H3,(H2,18,19,22)/t11-,14-/m1/s1. The van der Waals surface area contributed by atoms with Crippen LogP contribution in [0.5, 0.6) is 0 Å². The topological polar surface area (TPSA) is 70.7 Å². The molecule has 2 N–H and O–H groups in total. The number of nitrogens with one attached hydrogen (secondary N) is 2. The van der Waals surface area contributed by atoms with Crippen molar-refractivity contribution in [3.8, 4) is 0 Å². The van der Waals surface area contributed by atoms with Crippen molar-refractivity contribution in [3.63, 3.8) is 0 Å². The molecule has 2 atom stereocenters. The fourth-order valence-electron chi connectivity index (χ4n) is 2.62. The minimum absolute atomic E-state index is 0.155. The molecule has 1 aromatic carbocycles. The maximum absolute atomic E-state index is 13.3. The zero-order chi connectivity index (χ0) is 16.8. The number of hydrogen-bond donors (Lipinski definition) is 2. The summed E-state index contributed by atoms with van der Waals surface area (Å²) in [6.45, 7) is 2.72. The second kappa shape index (κ2) is 7.92. The van der Waals surface area contributed by atoms with E-state index in [4.69, 9.17) is 4.74 Å². The summed E-state index contributed by atoms with van der Waals surface area (Å²) in [5.74, 6) is -0.618. The van der Waals surface area contributed by atoms with Gasteiger partial charge in [-0.05, 0) is 38.0 Å². The molecule has 126 valence electrons. The Morgan fingerprint density at radius 2 is 2.30 bits per heavy atom. The summed E-state index contributed by atoms with van der Waals surface area (Å²) in [5, 5.41) is 5.39. The lowest BCUT2D eigenvalue weighted by Crippen LogP contribution is -2.55. The lowest BCUT2D eigenvalue weighted by atomic mass is 10.0. The third-order valence-corrected chi connectivity index (χ3v) is 3.66. The molecule has 6 nitrogen and oxygen atoms in total. The number of rotatable bonds is 5. The van der Waals surface area contributed by atoms with Gasteiger partial charge in [0.15, 0.2) is 0 Å². The minimum Gasteiger partial charge on any atom is -0.383 e. The van der Waals surface area contributed by atoms with E-state index in [-0.39, 0.29) is 11.9 Å². The Balaban J connectivity index is 1.98. The Morgan fingerprint density at radius 1 is 1.52 bits per heavy atom. The zero-order valence-corrected chi connectivity index (χ0v) is 13.3. The number of hydrogen-bond acceptors (Lipinski definition) is 3. The van der Waals surface area contributed by atoms with Gasteiger partial charge < -0.3 is 20.3 Å². The van der Waals surface area contributed by atoms with Crippen LogP contribution in [0, 0.1) is 5.82 Å².